The number of carboxylic acids is 1. The molecule has 1 aromatic heterocycles. The minimum Gasteiger partial charge on any atom is -0.481 e. The maximum atomic E-state index is 10.9. The van der Waals surface area contributed by atoms with Gasteiger partial charge in [-0.2, -0.15) is 0 Å². The van der Waals surface area contributed by atoms with E-state index >= 15 is 0 Å². The normalized spacial score (nSPS) is 12.5. The van der Waals surface area contributed by atoms with Crippen LogP contribution in [0.25, 0.3) is 0 Å². The second-order valence-corrected chi connectivity index (χ2v) is 3.93. The molecule has 0 saturated carbocycles. The number of thiophene rings is 1. The summed E-state index contributed by atoms with van der Waals surface area (Å²) in [7, 11) is 0. The fourth-order valence-electron chi connectivity index (χ4n) is 0.896. The highest BCUT2D eigenvalue weighted by atomic mass is 32.1. The summed E-state index contributed by atoms with van der Waals surface area (Å²) in [5.74, 6) is -1.41. The molecule has 0 aliphatic rings. The molecule has 1 aromatic rings. The fraction of sp³-hybridized carbons (Fsp3) is 0.333. The van der Waals surface area contributed by atoms with Gasteiger partial charge in [-0.15, -0.1) is 11.3 Å². The quantitative estimate of drug-likeness (QED) is 0.757. The van der Waals surface area contributed by atoms with Crippen LogP contribution in [0.15, 0.2) is 12.1 Å². The Morgan fingerprint density at radius 1 is 1.46 bits per heavy atom. The monoisotopic (exact) mass is 198 g/mol. The predicted molar refractivity (Wildman–Crippen MR) is 50.4 cm³/mol. The third-order valence-electron chi connectivity index (χ3n) is 1.77. The predicted octanol–water partition coefficient (Wildman–Crippen LogP) is 2.14. The molecule has 13 heavy (non-hydrogen) atoms. The molecule has 0 aliphatic carbocycles. The van der Waals surface area contributed by atoms with Gasteiger partial charge in [0.25, 0.3) is 0 Å². The highest BCUT2D eigenvalue weighted by Crippen LogP contribution is 2.24. The Labute approximate surface area is 80.0 Å². The van der Waals surface area contributed by atoms with E-state index in [0.29, 0.717) is 4.88 Å². The smallest absolute Gasteiger partial charge is 0.311 e. The van der Waals surface area contributed by atoms with Crippen LogP contribution in [0, 0.1) is 0 Å². The molecule has 0 amide bonds. The molecule has 1 rings (SSSR count). The maximum Gasteiger partial charge on any atom is 0.311 e. The largest absolute Gasteiger partial charge is 0.481 e. The van der Waals surface area contributed by atoms with Gasteiger partial charge in [0.15, 0.2) is 5.78 Å². The topological polar surface area (TPSA) is 54.4 Å². The van der Waals surface area contributed by atoms with Crippen LogP contribution in [0.5, 0.6) is 0 Å². The number of hydrogen-bond donors (Lipinski definition) is 1. The molecular formula is C9H10O3S. The van der Waals surface area contributed by atoms with Gasteiger partial charge in [0.1, 0.15) is 0 Å². The second-order valence-electron chi connectivity index (χ2n) is 2.82. The average Bonchev–Trinajstić information content (AvgIpc) is 2.50. The molecular weight excluding hydrogens is 188 g/mol. The van der Waals surface area contributed by atoms with Crippen LogP contribution >= 0.6 is 11.3 Å². The van der Waals surface area contributed by atoms with E-state index in [9.17, 15) is 9.59 Å². The molecule has 1 N–H and O–H groups in total. The first-order valence-electron chi connectivity index (χ1n) is 3.86. The van der Waals surface area contributed by atoms with Crippen molar-refractivity contribution in [1.29, 1.82) is 0 Å². The SMILES string of the molecule is CC(=O)c1ccc(C(C)C(=O)O)s1. The van der Waals surface area contributed by atoms with Gasteiger partial charge in [-0.25, -0.2) is 0 Å². The van der Waals surface area contributed by atoms with E-state index in [1.54, 1.807) is 19.1 Å². The molecule has 1 heterocycles. The first kappa shape index (κ1) is 9.92. The van der Waals surface area contributed by atoms with Gasteiger partial charge in [0, 0.05) is 4.88 Å². The Morgan fingerprint density at radius 2 is 2.08 bits per heavy atom. The highest BCUT2D eigenvalue weighted by Gasteiger charge is 2.16. The van der Waals surface area contributed by atoms with Gasteiger partial charge in [-0.3, -0.25) is 9.59 Å². The van der Waals surface area contributed by atoms with Gasteiger partial charge < -0.3 is 5.11 Å². The van der Waals surface area contributed by atoms with E-state index in [-0.39, 0.29) is 5.78 Å². The zero-order chi connectivity index (χ0) is 10.0. The lowest BCUT2D eigenvalue weighted by atomic mass is 10.1. The molecule has 0 aliphatic heterocycles. The molecule has 0 saturated heterocycles. The van der Waals surface area contributed by atoms with Crippen molar-refractivity contribution >= 4 is 23.1 Å². The molecule has 0 fully saturated rings. The minimum atomic E-state index is -0.864. The van der Waals surface area contributed by atoms with Crippen LogP contribution in [0.3, 0.4) is 0 Å². The zero-order valence-electron chi connectivity index (χ0n) is 7.40. The maximum absolute atomic E-state index is 10.9. The number of ketones is 1. The summed E-state index contributed by atoms with van der Waals surface area (Å²) in [6.45, 7) is 3.08. The summed E-state index contributed by atoms with van der Waals surface area (Å²) in [6, 6.07) is 3.36. The van der Waals surface area contributed by atoms with Gasteiger partial charge in [0.2, 0.25) is 0 Å². The first-order chi connectivity index (χ1) is 6.02. The Kier molecular flexibility index (Phi) is 2.83. The minimum absolute atomic E-state index is 0.0196. The van der Waals surface area contributed by atoms with Crippen molar-refractivity contribution in [3.63, 3.8) is 0 Å². The van der Waals surface area contributed by atoms with E-state index in [1.165, 1.54) is 18.3 Å². The molecule has 1 atom stereocenters. The number of carbonyl (C=O) groups is 2. The molecule has 0 spiro atoms. The summed E-state index contributed by atoms with van der Waals surface area (Å²) >= 11 is 1.25. The van der Waals surface area contributed by atoms with Crippen molar-refractivity contribution in [2.24, 2.45) is 0 Å². The lowest BCUT2D eigenvalue weighted by molar-refractivity contribution is -0.138. The van der Waals surface area contributed by atoms with Gasteiger partial charge in [-0.1, -0.05) is 0 Å². The Bertz CT molecular complexity index is 340. The Hall–Kier alpha value is -1.16. The van der Waals surface area contributed by atoms with Crippen molar-refractivity contribution in [1.82, 2.24) is 0 Å². The molecule has 0 bridgehead atoms. The number of Topliss-reactive ketones (excluding diaryl/α,β-unsaturated/α-hetero) is 1. The van der Waals surface area contributed by atoms with Crippen LogP contribution in [0.2, 0.25) is 0 Å². The van der Waals surface area contributed by atoms with Crippen LogP contribution < -0.4 is 0 Å². The van der Waals surface area contributed by atoms with Crippen molar-refractivity contribution in [2.45, 2.75) is 19.8 Å². The lowest BCUT2D eigenvalue weighted by Crippen LogP contribution is -2.05. The number of carbonyl (C=O) groups excluding carboxylic acids is 1. The van der Waals surface area contributed by atoms with E-state index in [0.717, 1.165) is 4.88 Å². The molecule has 70 valence electrons. The Morgan fingerprint density at radius 3 is 2.46 bits per heavy atom. The van der Waals surface area contributed by atoms with E-state index in [2.05, 4.69) is 0 Å². The summed E-state index contributed by atoms with van der Waals surface area (Å²) in [4.78, 5) is 22.8. The standard InChI is InChI=1S/C9H10O3S/c1-5(9(11)12)7-3-4-8(13-7)6(2)10/h3-5H,1-2H3,(H,11,12). The van der Waals surface area contributed by atoms with Crippen LogP contribution in [0.1, 0.15) is 34.3 Å². The van der Waals surface area contributed by atoms with Crippen molar-refractivity contribution in [3.05, 3.63) is 21.9 Å². The van der Waals surface area contributed by atoms with E-state index in [1.807, 2.05) is 0 Å². The zero-order valence-corrected chi connectivity index (χ0v) is 8.22. The van der Waals surface area contributed by atoms with Crippen LogP contribution in [0.4, 0.5) is 0 Å². The third kappa shape index (κ3) is 2.15. The highest BCUT2D eigenvalue weighted by molar-refractivity contribution is 7.14. The van der Waals surface area contributed by atoms with Crippen molar-refractivity contribution in [2.75, 3.05) is 0 Å². The summed E-state index contributed by atoms with van der Waals surface area (Å²) < 4.78 is 0. The summed E-state index contributed by atoms with van der Waals surface area (Å²) in [6.07, 6.45) is 0. The van der Waals surface area contributed by atoms with Crippen molar-refractivity contribution < 1.29 is 14.7 Å². The second kappa shape index (κ2) is 3.70. The van der Waals surface area contributed by atoms with Gasteiger partial charge >= 0.3 is 5.97 Å². The van der Waals surface area contributed by atoms with Crippen LogP contribution in [-0.4, -0.2) is 16.9 Å². The first-order valence-corrected chi connectivity index (χ1v) is 4.67. The Balaban J connectivity index is 2.91. The number of rotatable bonds is 3. The van der Waals surface area contributed by atoms with Gasteiger partial charge in [-0.05, 0) is 26.0 Å². The van der Waals surface area contributed by atoms with Crippen molar-refractivity contribution in [3.8, 4) is 0 Å². The lowest BCUT2D eigenvalue weighted by Gasteiger charge is -2.00. The third-order valence-corrected chi connectivity index (χ3v) is 3.14. The molecule has 0 aromatic carbocycles. The molecule has 4 heteroatoms. The number of hydrogen-bond acceptors (Lipinski definition) is 3. The number of aliphatic carboxylic acids is 1. The number of carboxylic acid groups (broad SMARTS) is 1. The van der Waals surface area contributed by atoms with E-state index in [4.69, 9.17) is 5.11 Å². The molecule has 1 unspecified atom stereocenters. The summed E-state index contributed by atoms with van der Waals surface area (Å²) in [5, 5.41) is 8.71. The summed E-state index contributed by atoms with van der Waals surface area (Å²) in [5.41, 5.74) is 0. The van der Waals surface area contributed by atoms with E-state index < -0.39 is 11.9 Å². The van der Waals surface area contributed by atoms with Gasteiger partial charge in [0.05, 0.1) is 10.8 Å². The van der Waals surface area contributed by atoms with Crippen LogP contribution in [-0.2, 0) is 4.79 Å². The molecule has 0 radical (unpaired) electrons. The molecule has 3 nitrogen and oxygen atoms in total. The average molecular weight is 198 g/mol. The fourth-order valence-corrected chi connectivity index (χ4v) is 1.84.